The molecule has 0 unspecified atom stereocenters. The molecule has 0 aliphatic heterocycles. The smallest absolute Gasteiger partial charge is 0.264 e. The molecule has 2 rings (SSSR count). The number of sulfonamides is 1. The van der Waals surface area contributed by atoms with Crippen molar-refractivity contribution in [2.45, 2.75) is 51.2 Å². The molecule has 1 atom stereocenters. The van der Waals surface area contributed by atoms with Crippen LogP contribution in [0.2, 0.25) is 5.02 Å². The summed E-state index contributed by atoms with van der Waals surface area (Å²) in [6.07, 6.45) is 1.54. The van der Waals surface area contributed by atoms with Crippen LogP contribution in [0.1, 0.15) is 37.8 Å². The molecule has 0 fully saturated rings. The number of halogens is 1. The molecule has 25 heavy (non-hydrogen) atoms. The highest BCUT2D eigenvalue weighted by Gasteiger charge is 2.30. The minimum absolute atomic E-state index is 0.227. The van der Waals surface area contributed by atoms with Gasteiger partial charge in [-0.1, -0.05) is 48.7 Å². The predicted molar refractivity (Wildman–Crippen MR) is 103 cm³/mol. The minimum Gasteiger partial charge on any atom is -0.392 e. The number of aryl methyl sites for hydroxylation is 1. The van der Waals surface area contributed by atoms with E-state index in [-0.39, 0.29) is 17.5 Å². The molecular formula is C19H24ClNO3S. The van der Waals surface area contributed by atoms with Crippen LogP contribution < -0.4 is 4.31 Å². The lowest BCUT2D eigenvalue weighted by molar-refractivity contribution is 0.282. The Morgan fingerprint density at radius 1 is 1.16 bits per heavy atom. The molecule has 6 heteroatoms. The molecule has 0 saturated heterocycles. The number of aliphatic hydroxyl groups excluding tert-OH is 1. The Balaban J connectivity index is 2.64. The van der Waals surface area contributed by atoms with Crippen LogP contribution in [0.15, 0.2) is 47.4 Å². The van der Waals surface area contributed by atoms with Crippen LogP contribution in [0.25, 0.3) is 0 Å². The molecule has 0 aliphatic rings. The zero-order valence-electron chi connectivity index (χ0n) is 14.7. The quantitative estimate of drug-likeness (QED) is 0.766. The first-order valence-electron chi connectivity index (χ1n) is 8.31. The second kappa shape index (κ2) is 8.21. The second-order valence-corrected chi connectivity index (χ2v) is 8.43. The summed E-state index contributed by atoms with van der Waals surface area (Å²) >= 11 is 6.11. The van der Waals surface area contributed by atoms with Crippen molar-refractivity contribution >= 4 is 27.3 Å². The third-order valence-corrected chi connectivity index (χ3v) is 6.32. The Morgan fingerprint density at radius 2 is 1.80 bits per heavy atom. The summed E-state index contributed by atoms with van der Waals surface area (Å²) < 4.78 is 28.1. The molecule has 0 amide bonds. The Morgan fingerprint density at radius 3 is 2.36 bits per heavy atom. The summed E-state index contributed by atoms with van der Waals surface area (Å²) in [4.78, 5) is 0.227. The first-order valence-corrected chi connectivity index (χ1v) is 10.1. The van der Waals surface area contributed by atoms with Gasteiger partial charge >= 0.3 is 0 Å². The maximum Gasteiger partial charge on any atom is 0.264 e. The first kappa shape index (κ1) is 19.8. The molecule has 4 nitrogen and oxygen atoms in total. The van der Waals surface area contributed by atoms with Crippen molar-refractivity contribution in [2.75, 3.05) is 4.31 Å². The SMILES string of the molecule is CCC[C@@H](C)N(c1cc(Cl)ccc1CO)S(=O)(=O)c1ccc(C)cc1. The summed E-state index contributed by atoms with van der Waals surface area (Å²) in [6.45, 7) is 5.54. The first-order chi connectivity index (χ1) is 11.8. The van der Waals surface area contributed by atoms with E-state index in [0.29, 0.717) is 22.7 Å². The topological polar surface area (TPSA) is 57.6 Å². The van der Waals surface area contributed by atoms with E-state index >= 15 is 0 Å². The van der Waals surface area contributed by atoms with Gasteiger partial charge in [-0.3, -0.25) is 4.31 Å². The van der Waals surface area contributed by atoms with Gasteiger partial charge < -0.3 is 5.11 Å². The van der Waals surface area contributed by atoms with E-state index in [0.717, 1.165) is 12.0 Å². The lowest BCUT2D eigenvalue weighted by atomic mass is 10.1. The summed E-state index contributed by atoms with van der Waals surface area (Å²) in [5.74, 6) is 0. The highest BCUT2D eigenvalue weighted by atomic mass is 35.5. The number of benzene rings is 2. The van der Waals surface area contributed by atoms with Gasteiger partial charge in [0.15, 0.2) is 0 Å². The van der Waals surface area contributed by atoms with Crippen LogP contribution in [0.5, 0.6) is 0 Å². The molecule has 0 spiro atoms. The van der Waals surface area contributed by atoms with Crippen LogP contribution in [0.3, 0.4) is 0 Å². The van der Waals surface area contributed by atoms with Crippen molar-refractivity contribution in [3.8, 4) is 0 Å². The highest BCUT2D eigenvalue weighted by molar-refractivity contribution is 7.92. The van der Waals surface area contributed by atoms with Crippen molar-refractivity contribution in [1.29, 1.82) is 0 Å². The molecular weight excluding hydrogens is 358 g/mol. The fourth-order valence-corrected chi connectivity index (χ4v) is 4.72. The average Bonchev–Trinajstić information content (AvgIpc) is 2.55. The molecule has 136 valence electrons. The number of rotatable bonds is 7. The standard InChI is InChI=1S/C19H24ClNO3S/c1-4-5-15(3)21(19-12-17(20)9-8-16(19)13-22)25(23,24)18-10-6-14(2)7-11-18/h6-12,15,22H,4-5,13H2,1-3H3/t15-/m1/s1. The monoisotopic (exact) mass is 381 g/mol. The predicted octanol–water partition coefficient (Wildman–Crippen LogP) is 4.52. The van der Waals surface area contributed by atoms with Gasteiger partial charge in [0.1, 0.15) is 0 Å². The molecule has 1 N–H and O–H groups in total. The van der Waals surface area contributed by atoms with Gasteiger partial charge in [0.05, 0.1) is 17.2 Å². The lowest BCUT2D eigenvalue weighted by Crippen LogP contribution is -2.39. The van der Waals surface area contributed by atoms with Crippen LogP contribution in [-0.2, 0) is 16.6 Å². The van der Waals surface area contributed by atoms with Crippen LogP contribution in [0.4, 0.5) is 5.69 Å². The van der Waals surface area contributed by atoms with E-state index in [4.69, 9.17) is 11.6 Å². The number of nitrogens with zero attached hydrogens (tertiary/aromatic N) is 1. The van der Waals surface area contributed by atoms with E-state index in [2.05, 4.69) is 0 Å². The van der Waals surface area contributed by atoms with Crippen molar-refractivity contribution < 1.29 is 13.5 Å². The summed E-state index contributed by atoms with van der Waals surface area (Å²) in [6, 6.07) is 11.4. The van der Waals surface area contributed by atoms with Gasteiger partial charge in [-0.15, -0.1) is 0 Å². The Hall–Kier alpha value is -1.56. The largest absolute Gasteiger partial charge is 0.392 e. The molecule has 0 heterocycles. The number of aliphatic hydroxyl groups is 1. The average molecular weight is 382 g/mol. The number of hydrogen-bond acceptors (Lipinski definition) is 3. The van der Waals surface area contributed by atoms with Crippen molar-refractivity contribution in [1.82, 2.24) is 0 Å². The third-order valence-electron chi connectivity index (χ3n) is 4.14. The highest BCUT2D eigenvalue weighted by Crippen LogP contribution is 2.33. The molecule has 0 aromatic heterocycles. The Bertz CT molecular complexity index is 819. The minimum atomic E-state index is -3.78. The molecule has 2 aromatic carbocycles. The summed E-state index contributed by atoms with van der Waals surface area (Å²) in [7, 11) is -3.78. The van der Waals surface area contributed by atoms with Crippen molar-refractivity contribution in [3.63, 3.8) is 0 Å². The van der Waals surface area contributed by atoms with Gasteiger partial charge in [0, 0.05) is 16.6 Å². The zero-order valence-corrected chi connectivity index (χ0v) is 16.3. The van der Waals surface area contributed by atoms with Crippen LogP contribution in [-0.4, -0.2) is 19.6 Å². The van der Waals surface area contributed by atoms with Gasteiger partial charge in [-0.2, -0.15) is 0 Å². The molecule has 0 radical (unpaired) electrons. The second-order valence-electron chi connectivity index (χ2n) is 6.18. The number of anilines is 1. The van der Waals surface area contributed by atoms with E-state index in [1.54, 1.807) is 42.5 Å². The molecule has 0 bridgehead atoms. The fraction of sp³-hybridized carbons (Fsp3) is 0.368. The van der Waals surface area contributed by atoms with Crippen molar-refractivity contribution in [2.24, 2.45) is 0 Å². The molecule has 2 aromatic rings. The van der Waals surface area contributed by atoms with E-state index < -0.39 is 10.0 Å². The summed E-state index contributed by atoms with van der Waals surface area (Å²) in [5.41, 5.74) is 1.95. The van der Waals surface area contributed by atoms with Crippen molar-refractivity contribution in [3.05, 3.63) is 58.6 Å². The van der Waals surface area contributed by atoms with Gasteiger partial charge in [0.25, 0.3) is 10.0 Å². The van der Waals surface area contributed by atoms with E-state index in [9.17, 15) is 13.5 Å². The summed E-state index contributed by atoms with van der Waals surface area (Å²) in [5, 5.41) is 10.1. The van der Waals surface area contributed by atoms with Crippen LogP contribution in [0, 0.1) is 6.92 Å². The Labute approximate surface area is 155 Å². The zero-order chi connectivity index (χ0) is 18.6. The maximum atomic E-state index is 13.3. The molecule has 0 saturated carbocycles. The van der Waals surface area contributed by atoms with Gasteiger partial charge in [0.2, 0.25) is 0 Å². The van der Waals surface area contributed by atoms with E-state index in [1.165, 1.54) is 4.31 Å². The van der Waals surface area contributed by atoms with Gasteiger partial charge in [-0.25, -0.2) is 8.42 Å². The Kier molecular flexibility index (Phi) is 6.49. The normalized spacial score (nSPS) is 12.8. The lowest BCUT2D eigenvalue weighted by Gasteiger charge is -2.32. The molecule has 0 aliphatic carbocycles. The third kappa shape index (κ3) is 4.35. The van der Waals surface area contributed by atoms with E-state index in [1.807, 2.05) is 20.8 Å². The number of hydrogen-bond donors (Lipinski definition) is 1. The fourth-order valence-electron chi connectivity index (χ4n) is 2.84. The van der Waals surface area contributed by atoms with Gasteiger partial charge in [-0.05, 0) is 44.5 Å². The van der Waals surface area contributed by atoms with Crippen LogP contribution >= 0.6 is 11.6 Å². The maximum absolute atomic E-state index is 13.3.